The Bertz CT molecular complexity index is 3340. The minimum absolute atomic E-state index is 0.503. The Hall–Kier alpha value is -5.94. The van der Waals surface area contributed by atoms with Gasteiger partial charge in [0, 0.05) is 56.7 Å². The van der Waals surface area contributed by atoms with Crippen LogP contribution in [0.25, 0.3) is 102 Å². The number of thiophene rings is 2. The average Bonchev–Trinajstić information content (AvgIpc) is 3.95. The van der Waals surface area contributed by atoms with Crippen LogP contribution in [0.1, 0.15) is 29.7 Å². The minimum Gasteiger partial charge on any atom is -0.309 e. The van der Waals surface area contributed by atoms with E-state index in [9.17, 15) is 0 Å². The second kappa shape index (κ2) is 11.0. The summed E-state index contributed by atoms with van der Waals surface area (Å²) in [4.78, 5) is 1.41. The lowest BCUT2D eigenvalue weighted by Crippen LogP contribution is -2.00. The van der Waals surface area contributed by atoms with E-state index in [1.807, 2.05) is 22.7 Å². The second-order valence-corrected chi connectivity index (χ2v) is 16.7. The molecule has 1 atom stereocenters. The minimum atomic E-state index is 0.503. The van der Waals surface area contributed by atoms with Gasteiger partial charge in [-0.05, 0) is 102 Å². The van der Waals surface area contributed by atoms with Crippen LogP contribution in [0.2, 0.25) is 0 Å². The van der Waals surface area contributed by atoms with Gasteiger partial charge >= 0.3 is 0 Å². The van der Waals surface area contributed by atoms with Crippen molar-refractivity contribution in [1.29, 1.82) is 0 Å². The molecule has 1 aliphatic carbocycles. The van der Waals surface area contributed by atoms with Gasteiger partial charge in [-0.15, -0.1) is 22.7 Å². The zero-order valence-electron chi connectivity index (χ0n) is 29.0. The molecule has 12 rings (SSSR count). The summed E-state index contributed by atoms with van der Waals surface area (Å²) in [7, 11) is 0. The number of para-hydroxylation sites is 2. The molecule has 0 saturated heterocycles. The summed E-state index contributed by atoms with van der Waals surface area (Å²) in [5.41, 5.74) is 11.4. The van der Waals surface area contributed by atoms with E-state index in [1.165, 1.54) is 107 Å². The van der Waals surface area contributed by atoms with Crippen molar-refractivity contribution in [3.63, 3.8) is 0 Å². The smallest absolute Gasteiger partial charge is 0.0555 e. The molecule has 4 aromatic heterocycles. The highest BCUT2D eigenvalue weighted by molar-refractivity contribution is 7.26. The van der Waals surface area contributed by atoms with Crippen LogP contribution in [-0.4, -0.2) is 9.13 Å². The van der Waals surface area contributed by atoms with Crippen LogP contribution in [-0.2, 0) is 0 Å². The van der Waals surface area contributed by atoms with E-state index in [1.54, 1.807) is 0 Å². The molecule has 11 aromatic rings. The standard InChI is InChI=1S/C49H32N2S2/c1-29-11-8-20-44-47(29)49-42(18-10-22-46(49)53-44)51-38-16-6-3-13-33(38)36-28-31(24-26-40(36)51)30-23-25-39-35(27-30)32-12-2-5-15-37(32)50(39)41-17-9-21-45-48(41)34-14-4-7-19-43(34)52-45/h2-10,12-29H,11H2,1H3. The summed E-state index contributed by atoms with van der Waals surface area (Å²) in [6.07, 6.45) is 5.76. The van der Waals surface area contributed by atoms with Gasteiger partial charge in [0.25, 0.3) is 0 Å². The van der Waals surface area contributed by atoms with Crippen molar-refractivity contribution in [2.75, 3.05) is 0 Å². The van der Waals surface area contributed by atoms with Gasteiger partial charge in [-0.2, -0.15) is 0 Å². The molecular weight excluding hydrogens is 681 g/mol. The lowest BCUT2D eigenvalue weighted by molar-refractivity contribution is 0.783. The number of nitrogens with zero attached hydrogens (tertiary/aromatic N) is 2. The van der Waals surface area contributed by atoms with Crippen molar-refractivity contribution in [3.05, 3.63) is 162 Å². The highest BCUT2D eigenvalue weighted by Gasteiger charge is 2.24. The molecule has 0 spiro atoms. The fraction of sp³-hybridized carbons (Fsp3) is 0.0612. The predicted octanol–water partition coefficient (Wildman–Crippen LogP) is 14.7. The van der Waals surface area contributed by atoms with Crippen molar-refractivity contribution in [2.45, 2.75) is 19.3 Å². The molecule has 4 heterocycles. The highest BCUT2D eigenvalue weighted by Crippen LogP contribution is 2.46. The summed E-state index contributed by atoms with van der Waals surface area (Å²) in [6.45, 7) is 2.38. The van der Waals surface area contributed by atoms with E-state index in [4.69, 9.17) is 0 Å². The maximum atomic E-state index is 2.51. The van der Waals surface area contributed by atoms with E-state index < -0.39 is 0 Å². The number of fused-ring (bicyclic) bond motifs is 12. The lowest BCUT2D eigenvalue weighted by atomic mass is 9.90. The van der Waals surface area contributed by atoms with Crippen molar-refractivity contribution in [2.24, 2.45) is 0 Å². The van der Waals surface area contributed by atoms with Crippen LogP contribution in [0.15, 0.2) is 152 Å². The van der Waals surface area contributed by atoms with E-state index in [-0.39, 0.29) is 0 Å². The number of hydrogen-bond donors (Lipinski definition) is 0. The molecule has 0 aliphatic heterocycles. The van der Waals surface area contributed by atoms with Crippen molar-refractivity contribution < 1.29 is 0 Å². The van der Waals surface area contributed by atoms with Crippen LogP contribution in [0.5, 0.6) is 0 Å². The van der Waals surface area contributed by atoms with Crippen molar-refractivity contribution >= 4 is 103 Å². The molecule has 2 nitrogen and oxygen atoms in total. The van der Waals surface area contributed by atoms with Crippen LogP contribution < -0.4 is 0 Å². The third-order valence-corrected chi connectivity index (χ3v) is 13.8. The van der Waals surface area contributed by atoms with Gasteiger partial charge in [0.05, 0.1) is 33.4 Å². The molecule has 0 bridgehead atoms. The van der Waals surface area contributed by atoms with Crippen LogP contribution >= 0.6 is 22.7 Å². The van der Waals surface area contributed by atoms with Gasteiger partial charge in [0.2, 0.25) is 0 Å². The molecule has 1 unspecified atom stereocenters. The van der Waals surface area contributed by atoms with Gasteiger partial charge in [-0.25, -0.2) is 0 Å². The quantitative estimate of drug-likeness (QED) is 0.173. The third-order valence-electron chi connectivity index (χ3n) is 11.6. The monoisotopic (exact) mass is 712 g/mol. The molecule has 4 heteroatoms. The Morgan fingerprint density at radius 3 is 1.66 bits per heavy atom. The Balaban J connectivity index is 1.07. The molecule has 0 N–H and O–H groups in total. The Morgan fingerprint density at radius 1 is 0.472 bits per heavy atom. The van der Waals surface area contributed by atoms with Gasteiger partial charge < -0.3 is 9.13 Å². The Kier molecular flexibility index (Phi) is 6.17. The largest absolute Gasteiger partial charge is 0.309 e. The first-order valence-electron chi connectivity index (χ1n) is 18.4. The van der Waals surface area contributed by atoms with Gasteiger partial charge in [-0.3, -0.25) is 0 Å². The van der Waals surface area contributed by atoms with Gasteiger partial charge in [0.15, 0.2) is 0 Å². The van der Waals surface area contributed by atoms with E-state index in [0.717, 1.165) is 6.42 Å². The first kappa shape index (κ1) is 29.6. The maximum Gasteiger partial charge on any atom is 0.0555 e. The number of allylic oxidation sites excluding steroid dienone is 1. The molecule has 0 amide bonds. The average molecular weight is 713 g/mol. The van der Waals surface area contributed by atoms with Crippen molar-refractivity contribution in [3.8, 4) is 22.5 Å². The molecule has 7 aromatic carbocycles. The number of aromatic nitrogens is 2. The molecule has 0 radical (unpaired) electrons. The fourth-order valence-corrected chi connectivity index (χ4v) is 11.6. The normalized spacial score (nSPS) is 14.5. The third kappa shape index (κ3) is 4.13. The molecule has 53 heavy (non-hydrogen) atoms. The zero-order valence-corrected chi connectivity index (χ0v) is 30.6. The van der Waals surface area contributed by atoms with Gasteiger partial charge in [0.1, 0.15) is 0 Å². The summed E-state index contributed by atoms with van der Waals surface area (Å²) < 4.78 is 9.01. The summed E-state index contributed by atoms with van der Waals surface area (Å²) in [5.74, 6) is 0.503. The molecule has 1 aliphatic rings. The number of hydrogen-bond acceptors (Lipinski definition) is 2. The fourth-order valence-electron chi connectivity index (χ4n) is 9.23. The summed E-state index contributed by atoms with van der Waals surface area (Å²) in [6, 6.07) is 54.4. The van der Waals surface area contributed by atoms with Crippen molar-refractivity contribution in [1.82, 2.24) is 9.13 Å². The molecule has 0 fully saturated rings. The van der Waals surface area contributed by atoms with Crippen LogP contribution in [0, 0.1) is 0 Å². The van der Waals surface area contributed by atoms with E-state index in [2.05, 4.69) is 174 Å². The first-order valence-corrected chi connectivity index (χ1v) is 20.0. The SMILES string of the molecule is CC1CC=Cc2sc3cccc(-n4c5ccccc5c5cc(-c6ccc7c(c6)c6ccccc6n7-c6cccc7sc8ccccc8c67)ccc54)c3c21. The lowest BCUT2D eigenvalue weighted by Gasteiger charge is -2.17. The predicted molar refractivity (Wildman–Crippen MR) is 231 cm³/mol. The number of rotatable bonds is 3. The summed E-state index contributed by atoms with van der Waals surface area (Å²) >= 11 is 3.80. The first-order chi connectivity index (χ1) is 26.2. The van der Waals surface area contributed by atoms with Gasteiger partial charge in [-0.1, -0.05) is 91.9 Å². The number of benzene rings is 7. The Morgan fingerprint density at radius 2 is 1.00 bits per heavy atom. The zero-order chi connectivity index (χ0) is 34.8. The summed E-state index contributed by atoms with van der Waals surface area (Å²) in [5, 5.41) is 9.16. The van der Waals surface area contributed by atoms with E-state index >= 15 is 0 Å². The van der Waals surface area contributed by atoms with E-state index in [0.29, 0.717) is 5.92 Å². The Labute approximate surface area is 314 Å². The molecule has 0 saturated carbocycles. The maximum absolute atomic E-state index is 2.51. The highest BCUT2D eigenvalue weighted by atomic mass is 32.1. The molecule has 250 valence electrons. The van der Waals surface area contributed by atoms with Crippen LogP contribution in [0.4, 0.5) is 0 Å². The molecular formula is C49H32N2S2. The topological polar surface area (TPSA) is 9.86 Å². The second-order valence-electron chi connectivity index (χ2n) is 14.5. The van der Waals surface area contributed by atoms with Crippen LogP contribution in [0.3, 0.4) is 0 Å².